The molecule has 0 radical (unpaired) electrons. The fraction of sp³-hybridized carbons (Fsp3) is 0.143. The van der Waals surface area contributed by atoms with Crippen molar-refractivity contribution in [3.05, 3.63) is 48.7 Å². The van der Waals surface area contributed by atoms with Crippen molar-refractivity contribution in [2.75, 3.05) is 11.9 Å². The third-order valence-electron chi connectivity index (χ3n) is 2.35. The quantitative estimate of drug-likeness (QED) is 0.898. The van der Waals surface area contributed by atoms with Crippen LogP contribution in [0.3, 0.4) is 0 Å². The van der Waals surface area contributed by atoms with E-state index in [4.69, 9.17) is 4.74 Å². The Balaban J connectivity index is 2.18. The number of rotatable bonds is 3. The highest BCUT2D eigenvalue weighted by Crippen LogP contribution is 2.20. The molecule has 18 heavy (non-hydrogen) atoms. The Bertz CT molecular complexity index is 526. The topological polar surface area (TPSA) is 51.2 Å². The smallest absolute Gasteiger partial charge is 0.411 e. The van der Waals surface area contributed by atoms with Gasteiger partial charge in [-0.1, -0.05) is 18.2 Å². The number of hydrogen-bond acceptors (Lipinski definition) is 3. The predicted octanol–water partition coefficient (Wildman–Crippen LogP) is 3.32. The van der Waals surface area contributed by atoms with Crippen molar-refractivity contribution < 1.29 is 9.53 Å². The number of anilines is 1. The lowest BCUT2D eigenvalue weighted by molar-refractivity contribution is 0.168. The van der Waals surface area contributed by atoms with Crippen LogP contribution in [0.4, 0.5) is 10.5 Å². The largest absolute Gasteiger partial charge is 0.450 e. The van der Waals surface area contributed by atoms with Gasteiger partial charge in [0.2, 0.25) is 0 Å². The summed E-state index contributed by atoms with van der Waals surface area (Å²) in [6.45, 7) is 2.12. The summed E-state index contributed by atoms with van der Waals surface area (Å²) in [6, 6.07) is 13.2. The van der Waals surface area contributed by atoms with Gasteiger partial charge in [0.1, 0.15) is 0 Å². The Morgan fingerprint density at radius 3 is 2.89 bits per heavy atom. The van der Waals surface area contributed by atoms with Crippen LogP contribution >= 0.6 is 0 Å². The average Bonchev–Trinajstić information content (AvgIpc) is 2.40. The summed E-state index contributed by atoms with van der Waals surface area (Å²) in [4.78, 5) is 15.6. The van der Waals surface area contributed by atoms with E-state index < -0.39 is 6.09 Å². The molecular formula is C14H14N2O2. The first-order chi connectivity index (χ1) is 8.79. The van der Waals surface area contributed by atoms with Crippen LogP contribution in [0.15, 0.2) is 48.7 Å². The van der Waals surface area contributed by atoms with E-state index in [2.05, 4.69) is 10.3 Å². The maximum absolute atomic E-state index is 11.3. The van der Waals surface area contributed by atoms with Gasteiger partial charge in [0, 0.05) is 17.4 Å². The Morgan fingerprint density at radius 1 is 1.28 bits per heavy atom. The highest BCUT2D eigenvalue weighted by Gasteiger charge is 2.03. The molecular weight excluding hydrogens is 228 g/mol. The van der Waals surface area contributed by atoms with Crippen molar-refractivity contribution in [1.82, 2.24) is 4.98 Å². The SMILES string of the molecule is CCOC(=O)Nc1cccc(-c2ccccn2)c1. The molecule has 1 N–H and O–H groups in total. The zero-order valence-corrected chi connectivity index (χ0v) is 10.1. The molecule has 0 aliphatic rings. The zero-order chi connectivity index (χ0) is 12.8. The van der Waals surface area contributed by atoms with Gasteiger partial charge in [0.15, 0.2) is 0 Å². The van der Waals surface area contributed by atoms with Crippen LogP contribution < -0.4 is 5.32 Å². The van der Waals surface area contributed by atoms with Gasteiger partial charge in [0.05, 0.1) is 12.3 Å². The molecule has 0 spiro atoms. The van der Waals surface area contributed by atoms with Crippen LogP contribution in [0.25, 0.3) is 11.3 Å². The zero-order valence-electron chi connectivity index (χ0n) is 10.1. The maximum atomic E-state index is 11.3. The number of aromatic nitrogens is 1. The molecule has 0 bridgehead atoms. The van der Waals surface area contributed by atoms with Gasteiger partial charge in [-0.2, -0.15) is 0 Å². The summed E-state index contributed by atoms with van der Waals surface area (Å²) in [5.74, 6) is 0. The molecule has 0 saturated heterocycles. The second kappa shape index (κ2) is 5.82. The van der Waals surface area contributed by atoms with Gasteiger partial charge in [-0.3, -0.25) is 10.3 Å². The van der Waals surface area contributed by atoms with Gasteiger partial charge < -0.3 is 4.74 Å². The van der Waals surface area contributed by atoms with Crippen LogP contribution in [0.2, 0.25) is 0 Å². The fourth-order valence-electron chi connectivity index (χ4n) is 1.57. The van der Waals surface area contributed by atoms with Crippen molar-refractivity contribution >= 4 is 11.8 Å². The number of nitrogens with zero attached hydrogens (tertiary/aromatic N) is 1. The van der Waals surface area contributed by atoms with Crippen LogP contribution in [0.1, 0.15) is 6.92 Å². The number of hydrogen-bond donors (Lipinski definition) is 1. The molecule has 0 aliphatic carbocycles. The summed E-state index contributed by atoms with van der Waals surface area (Å²) >= 11 is 0. The fourth-order valence-corrected chi connectivity index (χ4v) is 1.57. The van der Waals surface area contributed by atoms with E-state index in [0.717, 1.165) is 11.3 Å². The number of ether oxygens (including phenoxy) is 1. The lowest BCUT2D eigenvalue weighted by Gasteiger charge is -2.07. The molecule has 1 amide bonds. The third kappa shape index (κ3) is 3.07. The van der Waals surface area contributed by atoms with E-state index in [9.17, 15) is 4.79 Å². The summed E-state index contributed by atoms with van der Waals surface area (Å²) in [7, 11) is 0. The summed E-state index contributed by atoms with van der Waals surface area (Å²) in [5, 5.41) is 2.66. The molecule has 92 valence electrons. The van der Waals surface area contributed by atoms with E-state index in [1.165, 1.54) is 0 Å². The number of benzene rings is 1. The Kier molecular flexibility index (Phi) is 3.91. The monoisotopic (exact) mass is 242 g/mol. The lowest BCUT2D eigenvalue weighted by atomic mass is 10.1. The molecule has 1 aromatic heterocycles. The molecule has 0 atom stereocenters. The van der Waals surface area contributed by atoms with Crippen LogP contribution in [0, 0.1) is 0 Å². The normalized spacial score (nSPS) is 9.83. The van der Waals surface area contributed by atoms with Crippen molar-refractivity contribution in [1.29, 1.82) is 0 Å². The lowest BCUT2D eigenvalue weighted by Crippen LogP contribution is -2.13. The number of carbonyl (C=O) groups excluding carboxylic acids is 1. The van der Waals surface area contributed by atoms with Crippen molar-refractivity contribution in [3.8, 4) is 11.3 Å². The second-order valence-electron chi connectivity index (χ2n) is 3.64. The Morgan fingerprint density at radius 2 is 2.17 bits per heavy atom. The van der Waals surface area contributed by atoms with E-state index in [1.54, 1.807) is 13.1 Å². The molecule has 0 saturated carbocycles. The first-order valence-electron chi connectivity index (χ1n) is 5.75. The molecule has 0 aliphatic heterocycles. The van der Waals surface area contributed by atoms with E-state index in [1.807, 2.05) is 42.5 Å². The molecule has 0 unspecified atom stereocenters. The minimum absolute atomic E-state index is 0.353. The molecule has 1 aromatic carbocycles. The van der Waals surface area contributed by atoms with Gasteiger partial charge in [-0.15, -0.1) is 0 Å². The molecule has 2 aromatic rings. The maximum Gasteiger partial charge on any atom is 0.411 e. The second-order valence-corrected chi connectivity index (χ2v) is 3.64. The van der Waals surface area contributed by atoms with Crippen molar-refractivity contribution in [3.63, 3.8) is 0 Å². The molecule has 4 heteroatoms. The van der Waals surface area contributed by atoms with E-state index in [-0.39, 0.29) is 0 Å². The van der Waals surface area contributed by atoms with Crippen LogP contribution in [-0.2, 0) is 4.74 Å². The summed E-state index contributed by atoms with van der Waals surface area (Å²) < 4.78 is 4.83. The third-order valence-corrected chi connectivity index (χ3v) is 2.35. The number of nitrogens with one attached hydrogen (secondary N) is 1. The standard InChI is InChI=1S/C14H14N2O2/c1-2-18-14(17)16-12-7-5-6-11(10-12)13-8-3-4-9-15-13/h3-10H,2H2,1H3,(H,16,17). The van der Waals surface area contributed by atoms with Crippen LogP contribution in [0.5, 0.6) is 0 Å². The van der Waals surface area contributed by atoms with E-state index >= 15 is 0 Å². The molecule has 4 nitrogen and oxygen atoms in total. The summed E-state index contributed by atoms with van der Waals surface area (Å²) in [6.07, 6.45) is 1.29. The van der Waals surface area contributed by atoms with E-state index in [0.29, 0.717) is 12.3 Å². The van der Waals surface area contributed by atoms with Gasteiger partial charge in [-0.25, -0.2) is 4.79 Å². The Hall–Kier alpha value is -2.36. The van der Waals surface area contributed by atoms with Crippen molar-refractivity contribution in [2.24, 2.45) is 0 Å². The minimum Gasteiger partial charge on any atom is -0.450 e. The number of pyridine rings is 1. The van der Waals surface area contributed by atoms with Gasteiger partial charge in [0.25, 0.3) is 0 Å². The first-order valence-corrected chi connectivity index (χ1v) is 5.75. The summed E-state index contributed by atoms with van der Waals surface area (Å²) in [5.41, 5.74) is 2.51. The Labute approximate surface area is 106 Å². The molecule has 1 heterocycles. The molecule has 0 fully saturated rings. The minimum atomic E-state index is -0.448. The van der Waals surface area contributed by atoms with Gasteiger partial charge >= 0.3 is 6.09 Å². The van der Waals surface area contributed by atoms with Crippen LogP contribution in [-0.4, -0.2) is 17.7 Å². The van der Waals surface area contributed by atoms with Gasteiger partial charge in [-0.05, 0) is 31.2 Å². The number of amides is 1. The van der Waals surface area contributed by atoms with Crippen molar-refractivity contribution in [2.45, 2.75) is 6.92 Å². The molecule has 2 rings (SSSR count). The highest BCUT2D eigenvalue weighted by molar-refractivity contribution is 5.85. The first kappa shape index (κ1) is 12.1. The average molecular weight is 242 g/mol. The predicted molar refractivity (Wildman–Crippen MR) is 70.3 cm³/mol. The highest BCUT2D eigenvalue weighted by atomic mass is 16.5. The number of carbonyl (C=O) groups is 1.